The van der Waals surface area contributed by atoms with E-state index >= 15 is 0 Å². The van der Waals surface area contributed by atoms with E-state index in [1.807, 2.05) is 74.5 Å². The van der Waals surface area contributed by atoms with Crippen molar-refractivity contribution >= 4 is 50.1 Å². The minimum Gasteiger partial charge on any atom is -0.308 e. The first-order valence-corrected chi connectivity index (χ1v) is 11.7. The zero-order valence-electron chi connectivity index (χ0n) is 18.4. The van der Waals surface area contributed by atoms with E-state index in [2.05, 4.69) is 15.9 Å². The van der Waals surface area contributed by atoms with Crippen molar-refractivity contribution in [3.8, 4) is 5.69 Å². The lowest BCUT2D eigenvalue weighted by Crippen LogP contribution is -2.27. The van der Waals surface area contributed by atoms with Crippen molar-refractivity contribution in [2.75, 3.05) is 11.4 Å². The molecule has 0 fully saturated rings. The number of anilines is 1. The number of amides is 1. The molecule has 0 spiro atoms. The van der Waals surface area contributed by atoms with Gasteiger partial charge in [-0.15, -0.1) is 0 Å². The van der Waals surface area contributed by atoms with Gasteiger partial charge in [-0.05, 0) is 61.9 Å². The Balaban J connectivity index is 1.79. The first kappa shape index (κ1) is 21.3. The maximum Gasteiger partial charge on any atom is 0.266 e. The number of aryl methyl sites for hydroxylation is 1. The standard InChI is InChI=1S/C27H22BrN3O2/c1-3-14-30-24-13-10-18(28)15-21(24)22(26(30)32)16-25-29-23-7-5-4-6-20(23)27(33)31(25)19-11-8-17(2)9-12-19/h4-13,15-16H,3,14H2,1-2H3. The third kappa shape index (κ3) is 3.70. The summed E-state index contributed by atoms with van der Waals surface area (Å²) in [5, 5.41) is 0.536. The van der Waals surface area contributed by atoms with Gasteiger partial charge in [0.25, 0.3) is 11.5 Å². The number of rotatable bonds is 4. The SMILES string of the molecule is CCCN1C(=O)C(=Cc2nc3ccccc3c(=O)n2-c2ccc(C)cc2)c2cc(Br)ccc21. The number of fused-ring (bicyclic) bond motifs is 2. The van der Waals surface area contributed by atoms with Gasteiger partial charge in [-0.3, -0.25) is 14.2 Å². The Morgan fingerprint density at radius 1 is 1.00 bits per heavy atom. The van der Waals surface area contributed by atoms with E-state index in [-0.39, 0.29) is 11.5 Å². The van der Waals surface area contributed by atoms with E-state index in [1.165, 1.54) is 0 Å². The molecule has 5 nitrogen and oxygen atoms in total. The summed E-state index contributed by atoms with van der Waals surface area (Å²) in [6, 6.07) is 20.9. The highest BCUT2D eigenvalue weighted by molar-refractivity contribution is 9.10. The highest BCUT2D eigenvalue weighted by atomic mass is 79.9. The third-order valence-corrected chi connectivity index (χ3v) is 6.32. The Bertz CT molecular complexity index is 1490. The van der Waals surface area contributed by atoms with Gasteiger partial charge < -0.3 is 4.90 Å². The van der Waals surface area contributed by atoms with Gasteiger partial charge in [0.05, 0.1) is 27.9 Å². The summed E-state index contributed by atoms with van der Waals surface area (Å²) in [4.78, 5) is 33.6. The van der Waals surface area contributed by atoms with Crippen LogP contribution in [0.4, 0.5) is 5.69 Å². The summed E-state index contributed by atoms with van der Waals surface area (Å²) >= 11 is 3.53. The fraction of sp³-hybridized carbons (Fsp3) is 0.148. The minimum absolute atomic E-state index is 0.0807. The molecule has 0 atom stereocenters. The molecule has 0 saturated carbocycles. The van der Waals surface area contributed by atoms with Crippen molar-refractivity contribution in [2.24, 2.45) is 0 Å². The molecule has 1 aliphatic rings. The number of benzene rings is 3. The Morgan fingerprint density at radius 3 is 2.52 bits per heavy atom. The number of carbonyl (C=O) groups excluding carboxylic acids is 1. The first-order valence-electron chi connectivity index (χ1n) is 10.9. The van der Waals surface area contributed by atoms with Gasteiger partial charge in [0, 0.05) is 16.6 Å². The van der Waals surface area contributed by atoms with Gasteiger partial charge in [-0.25, -0.2) is 4.98 Å². The Morgan fingerprint density at radius 2 is 1.76 bits per heavy atom. The number of hydrogen-bond acceptors (Lipinski definition) is 3. The number of hydrogen-bond donors (Lipinski definition) is 0. The molecule has 1 aromatic heterocycles. The Hall–Kier alpha value is -3.51. The molecule has 5 rings (SSSR count). The molecule has 2 heterocycles. The first-order chi connectivity index (χ1) is 16.0. The molecule has 3 aromatic carbocycles. The van der Waals surface area contributed by atoms with E-state index in [0.29, 0.717) is 34.5 Å². The van der Waals surface area contributed by atoms with Crippen LogP contribution in [-0.2, 0) is 4.79 Å². The highest BCUT2D eigenvalue weighted by Gasteiger charge is 2.32. The summed E-state index contributed by atoms with van der Waals surface area (Å²) in [5.74, 6) is 0.345. The molecule has 33 heavy (non-hydrogen) atoms. The average molecular weight is 500 g/mol. The van der Waals surface area contributed by atoms with Crippen LogP contribution < -0.4 is 10.5 Å². The highest BCUT2D eigenvalue weighted by Crippen LogP contribution is 2.39. The summed E-state index contributed by atoms with van der Waals surface area (Å²) in [6.45, 7) is 4.68. The summed E-state index contributed by atoms with van der Waals surface area (Å²) in [7, 11) is 0. The van der Waals surface area contributed by atoms with Gasteiger partial charge in [-0.2, -0.15) is 0 Å². The maximum absolute atomic E-state index is 13.5. The fourth-order valence-electron chi connectivity index (χ4n) is 4.23. The number of nitrogens with zero attached hydrogens (tertiary/aromatic N) is 3. The van der Waals surface area contributed by atoms with Gasteiger partial charge in [0.1, 0.15) is 5.82 Å². The van der Waals surface area contributed by atoms with Gasteiger partial charge in [0.2, 0.25) is 0 Å². The van der Waals surface area contributed by atoms with Crippen LogP contribution in [0.2, 0.25) is 0 Å². The van der Waals surface area contributed by atoms with Crippen LogP contribution in [0.5, 0.6) is 0 Å². The van der Waals surface area contributed by atoms with Crippen LogP contribution in [0, 0.1) is 6.92 Å². The largest absolute Gasteiger partial charge is 0.308 e. The van der Waals surface area contributed by atoms with E-state index in [1.54, 1.807) is 21.6 Å². The van der Waals surface area contributed by atoms with Crippen LogP contribution in [0.3, 0.4) is 0 Å². The molecule has 6 heteroatoms. The number of para-hydroxylation sites is 1. The van der Waals surface area contributed by atoms with Crippen molar-refractivity contribution in [1.29, 1.82) is 0 Å². The zero-order chi connectivity index (χ0) is 23.1. The van der Waals surface area contributed by atoms with Gasteiger partial charge >= 0.3 is 0 Å². The maximum atomic E-state index is 13.5. The number of aromatic nitrogens is 2. The zero-order valence-corrected chi connectivity index (χ0v) is 20.0. The predicted octanol–water partition coefficient (Wildman–Crippen LogP) is 5.75. The second-order valence-corrected chi connectivity index (χ2v) is 9.06. The Labute approximate surface area is 200 Å². The molecule has 1 aliphatic heterocycles. The van der Waals surface area contributed by atoms with Gasteiger partial charge in [-0.1, -0.05) is 52.7 Å². The molecule has 0 N–H and O–H groups in total. The number of halogens is 1. The second kappa shape index (κ2) is 8.45. The van der Waals surface area contributed by atoms with E-state index < -0.39 is 0 Å². The molecule has 164 valence electrons. The monoisotopic (exact) mass is 499 g/mol. The second-order valence-electron chi connectivity index (χ2n) is 8.14. The van der Waals surface area contributed by atoms with E-state index in [4.69, 9.17) is 4.98 Å². The molecule has 1 amide bonds. The lowest BCUT2D eigenvalue weighted by molar-refractivity contribution is -0.113. The van der Waals surface area contributed by atoms with E-state index in [9.17, 15) is 9.59 Å². The van der Waals surface area contributed by atoms with E-state index in [0.717, 1.165) is 27.7 Å². The number of carbonyl (C=O) groups is 1. The molecule has 0 radical (unpaired) electrons. The summed E-state index contributed by atoms with van der Waals surface area (Å²) < 4.78 is 2.48. The van der Waals surface area contributed by atoms with Crippen LogP contribution in [0.15, 0.2) is 76.0 Å². The van der Waals surface area contributed by atoms with Crippen molar-refractivity contribution in [3.05, 3.63) is 98.5 Å². The van der Waals surface area contributed by atoms with Crippen molar-refractivity contribution in [2.45, 2.75) is 20.3 Å². The lowest BCUT2D eigenvalue weighted by atomic mass is 10.1. The topological polar surface area (TPSA) is 55.2 Å². The molecular formula is C27H22BrN3O2. The molecule has 0 saturated heterocycles. The minimum atomic E-state index is -0.165. The summed E-state index contributed by atoms with van der Waals surface area (Å²) in [5.41, 5.74) is 4.48. The fourth-order valence-corrected chi connectivity index (χ4v) is 4.59. The average Bonchev–Trinajstić information content (AvgIpc) is 3.06. The Kier molecular flexibility index (Phi) is 5.46. The van der Waals surface area contributed by atoms with Crippen LogP contribution in [0.1, 0.15) is 30.3 Å². The molecule has 0 unspecified atom stereocenters. The van der Waals surface area contributed by atoms with Crippen molar-refractivity contribution < 1.29 is 4.79 Å². The third-order valence-electron chi connectivity index (χ3n) is 5.83. The molecule has 0 aliphatic carbocycles. The van der Waals surface area contributed by atoms with Gasteiger partial charge in [0.15, 0.2) is 0 Å². The molecular weight excluding hydrogens is 478 g/mol. The normalized spacial score (nSPS) is 14.3. The molecule has 0 bridgehead atoms. The quantitative estimate of drug-likeness (QED) is 0.335. The summed E-state index contributed by atoms with van der Waals surface area (Å²) in [6.07, 6.45) is 2.59. The molecule has 4 aromatic rings. The van der Waals surface area contributed by atoms with Crippen LogP contribution in [-0.4, -0.2) is 22.0 Å². The van der Waals surface area contributed by atoms with Crippen molar-refractivity contribution in [1.82, 2.24) is 9.55 Å². The smallest absolute Gasteiger partial charge is 0.266 e. The van der Waals surface area contributed by atoms with Crippen LogP contribution in [0.25, 0.3) is 28.2 Å². The van der Waals surface area contributed by atoms with Crippen LogP contribution >= 0.6 is 15.9 Å². The predicted molar refractivity (Wildman–Crippen MR) is 137 cm³/mol. The van der Waals surface area contributed by atoms with Crippen molar-refractivity contribution in [3.63, 3.8) is 0 Å². The lowest BCUT2D eigenvalue weighted by Gasteiger charge is -2.15.